The molecule has 0 spiro atoms. The van der Waals surface area contributed by atoms with Gasteiger partial charge in [0.25, 0.3) is 0 Å². The van der Waals surface area contributed by atoms with Crippen LogP contribution in [-0.4, -0.2) is 24.0 Å². The van der Waals surface area contributed by atoms with E-state index in [1.54, 1.807) is 20.0 Å². The zero-order valence-electron chi connectivity index (χ0n) is 19.6. The minimum Gasteiger partial charge on any atom is -0.469 e. The van der Waals surface area contributed by atoms with E-state index < -0.39 is 17.2 Å². The monoisotopic (exact) mass is 456 g/mol. The standard InChI is InChI=1S/C28H28N2O4/c1-28(2,27(32)33-3)16-24-30-17-23(34-24)22-11-7-10-21(25(22)26(29)31)20-14-12-19(13-15-20)18-8-5-4-6-9-18/h4-14,17,25H,15-16H2,1-3H3,(H2,29,31). The van der Waals surface area contributed by atoms with Gasteiger partial charge in [-0.25, -0.2) is 4.98 Å². The van der Waals surface area contributed by atoms with Crippen molar-refractivity contribution in [1.29, 1.82) is 0 Å². The smallest absolute Gasteiger partial charge is 0.311 e. The molecular weight excluding hydrogens is 428 g/mol. The second-order valence-corrected chi connectivity index (χ2v) is 9.03. The molecule has 6 heteroatoms. The maximum atomic E-state index is 12.6. The molecule has 2 aromatic rings. The average Bonchev–Trinajstić information content (AvgIpc) is 3.31. The minimum absolute atomic E-state index is 0.272. The van der Waals surface area contributed by atoms with Crippen molar-refractivity contribution in [3.63, 3.8) is 0 Å². The number of rotatable bonds is 6. The summed E-state index contributed by atoms with van der Waals surface area (Å²) in [7, 11) is 1.36. The first-order valence-electron chi connectivity index (χ1n) is 11.2. The summed E-state index contributed by atoms with van der Waals surface area (Å²) in [6, 6.07) is 10.2. The summed E-state index contributed by atoms with van der Waals surface area (Å²) < 4.78 is 10.8. The lowest BCUT2D eigenvalue weighted by molar-refractivity contribution is -0.150. The number of benzene rings is 1. The highest BCUT2D eigenvalue weighted by molar-refractivity contribution is 5.95. The summed E-state index contributed by atoms with van der Waals surface area (Å²) in [6.45, 7) is 3.54. The van der Waals surface area contributed by atoms with Crippen LogP contribution in [0.25, 0.3) is 11.1 Å². The Morgan fingerprint density at radius 1 is 1.18 bits per heavy atom. The molecule has 0 aliphatic heterocycles. The molecule has 1 aromatic heterocycles. The molecule has 2 aliphatic carbocycles. The highest BCUT2D eigenvalue weighted by Gasteiger charge is 2.33. The largest absolute Gasteiger partial charge is 0.469 e. The van der Waals surface area contributed by atoms with Gasteiger partial charge in [-0.05, 0) is 42.6 Å². The van der Waals surface area contributed by atoms with Crippen molar-refractivity contribution in [2.75, 3.05) is 7.11 Å². The lowest BCUT2D eigenvalue weighted by Gasteiger charge is -2.23. The minimum atomic E-state index is -0.788. The zero-order chi connectivity index (χ0) is 24.3. The van der Waals surface area contributed by atoms with Crippen LogP contribution >= 0.6 is 0 Å². The summed E-state index contributed by atoms with van der Waals surface area (Å²) in [5, 5.41) is 0. The molecule has 34 heavy (non-hydrogen) atoms. The third kappa shape index (κ3) is 4.71. The highest BCUT2D eigenvalue weighted by atomic mass is 16.5. The lowest BCUT2D eigenvalue weighted by Crippen LogP contribution is -2.28. The number of primary amides is 1. The number of methoxy groups -OCH3 is 1. The van der Waals surface area contributed by atoms with Crippen LogP contribution in [0.2, 0.25) is 0 Å². The van der Waals surface area contributed by atoms with Gasteiger partial charge in [0.15, 0.2) is 11.7 Å². The van der Waals surface area contributed by atoms with Gasteiger partial charge in [0.2, 0.25) is 5.91 Å². The van der Waals surface area contributed by atoms with Gasteiger partial charge in [-0.2, -0.15) is 0 Å². The number of nitrogens with zero attached hydrogens (tertiary/aromatic N) is 1. The summed E-state index contributed by atoms with van der Waals surface area (Å²) in [5.74, 6) is -0.613. The Hall–Kier alpha value is -3.93. The molecule has 0 fully saturated rings. The predicted octanol–water partition coefficient (Wildman–Crippen LogP) is 4.81. The number of amides is 1. The number of carbonyl (C=O) groups excluding carboxylic acids is 2. The van der Waals surface area contributed by atoms with Crippen molar-refractivity contribution in [3.8, 4) is 0 Å². The van der Waals surface area contributed by atoms with E-state index in [1.165, 1.54) is 7.11 Å². The van der Waals surface area contributed by atoms with Crippen LogP contribution in [0.3, 0.4) is 0 Å². The van der Waals surface area contributed by atoms with Crippen molar-refractivity contribution in [1.82, 2.24) is 4.98 Å². The van der Waals surface area contributed by atoms with Crippen LogP contribution in [0, 0.1) is 11.3 Å². The number of aromatic nitrogens is 1. The van der Waals surface area contributed by atoms with Crippen LogP contribution in [0.1, 0.15) is 37.5 Å². The first-order valence-corrected chi connectivity index (χ1v) is 11.2. The van der Waals surface area contributed by atoms with E-state index in [4.69, 9.17) is 14.9 Å². The van der Waals surface area contributed by atoms with Gasteiger partial charge < -0.3 is 14.9 Å². The van der Waals surface area contributed by atoms with Crippen molar-refractivity contribution in [2.45, 2.75) is 26.7 Å². The van der Waals surface area contributed by atoms with Gasteiger partial charge in [0.1, 0.15) is 0 Å². The summed E-state index contributed by atoms with van der Waals surface area (Å²) in [6.07, 6.45) is 14.4. The van der Waals surface area contributed by atoms with E-state index in [-0.39, 0.29) is 12.4 Å². The fraction of sp³-hybridized carbons (Fsp3) is 0.250. The van der Waals surface area contributed by atoms with Gasteiger partial charge in [-0.3, -0.25) is 9.59 Å². The summed E-state index contributed by atoms with van der Waals surface area (Å²) in [4.78, 5) is 29.0. The van der Waals surface area contributed by atoms with Gasteiger partial charge in [0.05, 0.1) is 24.6 Å². The lowest BCUT2D eigenvalue weighted by atomic mass is 9.80. The Labute approximate surface area is 199 Å². The van der Waals surface area contributed by atoms with Gasteiger partial charge in [0, 0.05) is 12.0 Å². The molecule has 0 saturated carbocycles. The molecule has 1 unspecified atom stereocenters. The second kappa shape index (κ2) is 9.51. The summed E-state index contributed by atoms with van der Waals surface area (Å²) >= 11 is 0. The number of hydrogen-bond acceptors (Lipinski definition) is 5. The first-order chi connectivity index (χ1) is 16.3. The fourth-order valence-corrected chi connectivity index (χ4v) is 4.30. The molecule has 174 valence electrons. The average molecular weight is 457 g/mol. The first kappa shape index (κ1) is 23.2. The Balaban J connectivity index is 1.60. The Morgan fingerprint density at radius 2 is 1.94 bits per heavy atom. The SMILES string of the molecule is COC(=O)C(C)(C)Cc1ncc(C2=CC=CC(=C3C=CC(c4ccccc4)=CC3)C2C(N)=O)o1. The van der Waals surface area contributed by atoms with Crippen LogP contribution in [0.15, 0.2) is 88.5 Å². The van der Waals surface area contributed by atoms with Crippen LogP contribution in [0.5, 0.6) is 0 Å². The quantitative estimate of drug-likeness (QED) is 0.630. The van der Waals surface area contributed by atoms with Gasteiger partial charge >= 0.3 is 5.97 Å². The topological polar surface area (TPSA) is 95.4 Å². The van der Waals surface area contributed by atoms with Crippen LogP contribution < -0.4 is 5.73 Å². The molecule has 1 atom stereocenters. The maximum absolute atomic E-state index is 12.6. The van der Waals surface area contributed by atoms with E-state index in [2.05, 4.69) is 29.3 Å². The molecule has 1 amide bonds. The van der Waals surface area contributed by atoms with E-state index in [0.29, 0.717) is 23.6 Å². The molecule has 1 heterocycles. The fourth-order valence-electron chi connectivity index (χ4n) is 4.30. The van der Waals surface area contributed by atoms with Crippen LogP contribution in [0.4, 0.5) is 0 Å². The second-order valence-electron chi connectivity index (χ2n) is 9.03. The molecular formula is C28H28N2O4. The van der Waals surface area contributed by atoms with Crippen molar-refractivity contribution >= 4 is 23.0 Å². The Bertz CT molecular complexity index is 1260. The van der Waals surface area contributed by atoms with Crippen molar-refractivity contribution in [2.24, 2.45) is 17.1 Å². The van der Waals surface area contributed by atoms with Crippen molar-refractivity contribution in [3.05, 3.63) is 101 Å². The molecule has 1 aromatic carbocycles. The third-order valence-electron chi connectivity index (χ3n) is 6.11. The molecule has 0 radical (unpaired) electrons. The number of oxazole rings is 1. The molecule has 2 aliphatic rings. The molecule has 6 nitrogen and oxygen atoms in total. The van der Waals surface area contributed by atoms with Gasteiger partial charge in [-0.1, -0.05) is 66.8 Å². The number of nitrogens with two attached hydrogens (primary N) is 1. The number of carbonyl (C=O) groups is 2. The normalized spacial score (nSPS) is 20.0. The zero-order valence-corrected chi connectivity index (χ0v) is 19.6. The van der Waals surface area contributed by atoms with Gasteiger partial charge in [-0.15, -0.1) is 0 Å². The molecule has 2 N–H and O–H groups in total. The predicted molar refractivity (Wildman–Crippen MR) is 131 cm³/mol. The Kier molecular flexibility index (Phi) is 6.50. The third-order valence-corrected chi connectivity index (χ3v) is 6.11. The van der Waals surface area contributed by atoms with Crippen LogP contribution in [-0.2, 0) is 20.7 Å². The number of ether oxygens (including phenoxy) is 1. The van der Waals surface area contributed by atoms with E-state index >= 15 is 0 Å². The molecule has 0 bridgehead atoms. The number of hydrogen-bond donors (Lipinski definition) is 1. The highest BCUT2D eigenvalue weighted by Crippen LogP contribution is 2.38. The van der Waals surface area contributed by atoms with E-state index in [0.717, 1.165) is 22.3 Å². The Morgan fingerprint density at radius 3 is 2.59 bits per heavy atom. The molecule has 0 saturated heterocycles. The maximum Gasteiger partial charge on any atom is 0.311 e. The number of esters is 1. The molecule has 4 rings (SSSR count). The number of allylic oxidation sites excluding steroid dienone is 8. The van der Waals surface area contributed by atoms with Crippen molar-refractivity contribution < 1.29 is 18.7 Å². The van der Waals surface area contributed by atoms with E-state index in [9.17, 15) is 9.59 Å². The summed E-state index contributed by atoms with van der Waals surface area (Å²) in [5.41, 5.74) is 9.89. The van der Waals surface area contributed by atoms with E-state index in [1.807, 2.05) is 42.5 Å².